The standard InChI is InChI=1S/C37H69O11P/c1-4-5-14-20-30(38)24-25-33-32(34(39)26-35(33)40)21-16-12-13-18-23-37(42)48-31(28-47-49(43,44)45)27-46-36(41)22-17-11-9-7-6-8-10-15-19-29(2)3/h24-25,29-35,38-40H,4-23,26-28H2,1-3H3,(H2,43,44,45)/b25-24+/t30-,31+,32+,33+,34-,35+/m0/s1. The van der Waals surface area contributed by atoms with Gasteiger partial charge < -0.3 is 34.6 Å². The van der Waals surface area contributed by atoms with Crippen LogP contribution in [0, 0.1) is 17.8 Å². The summed E-state index contributed by atoms with van der Waals surface area (Å²) in [6.07, 6.45) is 18.8. The molecule has 1 rings (SSSR count). The molecule has 1 saturated carbocycles. The molecule has 0 aromatic rings. The Balaban J connectivity index is 2.33. The average Bonchev–Trinajstić information content (AvgIpc) is 3.30. The van der Waals surface area contributed by atoms with E-state index in [2.05, 4.69) is 25.3 Å². The van der Waals surface area contributed by atoms with Gasteiger partial charge in [-0.3, -0.25) is 14.1 Å². The van der Waals surface area contributed by atoms with Gasteiger partial charge >= 0.3 is 19.8 Å². The number of hydrogen-bond donors (Lipinski definition) is 5. The molecular formula is C37H69O11P. The predicted molar refractivity (Wildman–Crippen MR) is 190 cm³/mol. The fraction of sp³-hybridized carbons (Fsp3) is 0.892. The smallest absolute Gasteiger partial charge is 0.462 e. The van der Waals surface area contributed by atoms with E-state index in [1.165, 1.54) is 32.1 Å². The van der Waals surface area contributed by atoms with Crippen molar-refractivity contribution in [3.8, 4) is 0 Å². The van der Waals surface area contributed by atoms with Gasteiger partial charge in [-0.1, -0.05) is 123 Å². The summed E-state index contributed by atoms with van der Waals surface area (Å²) in [4.78, 5) is 42.9. The van der Waals surface area contributed by atoms with Gasteiger partial charge in [-0.05, 0) is 37.5 Å². The third-order valence-corrected chi connectivity index (χ3v) is 9.80. The van der Waals surface area contributed by atoms with Crippen molar-refractivity contribution in [2.24, 2.45) is 17.8 Å². The highest BCUT2D eigenvalue weighted by Crippen LogP contribution is 2.38. The van der Waals surface area contributed by atoms with Crippen LogP contribution in [0.15, 0.2) is 12.2 Å². The van der Waals surface area contributed by atoms with E-state index in [1.807, 2.05) is 6.08 Å². The molecule has 1 aliphatic rings. The maximum atomic E-state index is 12.5. The highest BCUT2D eigenvalue weighted by molar-refractivity contribution is 7.46. The van der Waals surface area contributed by atoms with E-state index >= 15 is 0 Å². The highest BCUT2D eigenvalue weighted by atomic mass is 31.2. The summed E-state index contributed by atoms with van der Waals surface area (Å²) < 4.78 is 26.3. The van der Waals surface area contributed by atoms with Crippen molar-refractivity contribution in [3.05, 3.63) is 12.2 Å². The zero-order valence-corrected chi connectivity index (χ0v) is 31.5. The molecule has 5 N–H and O–H groups in total. The van der Waals surface area contributed by atoms with Gasteiger partial charge in [0, 0.05) is 25.2 Å². The van der Waals surface area contributed by atoms with E-state index in [9.17, 15) is 29.5 Å². The van der Waals surface area contributed by atoms with Crippen molar-refractivity contribution >= 4 is 19.8 Å². The Labute approximate surface area is 295 Å². The Morgan fingerprint density at radius 1 is 0.776 bits per heavy atom. The van der Waals surface area contributed by atoms with Crippen LogP contribution in [0.3, 0.4) is 0 Å². The first-order chi connectivity index (χ1) is 23.3. The first-order valence-electron chi connectivity index (χ1n) is 19.1. The second-order valence-electron chi connectivity index (χ2n) is 14.4. The second-order valence-corrected chi connectivity index (χ2v) is 15.6. The van der Waals surface area contributed by atoms with E-state index in [4.69, 9.17) is 19.3 Å². The molecule has 0 saturated heterocycles. The highest BCUT2D eigenvalue weighted by Gasteiger charge is 2.39. The van der Waals surface area contributed by atoms with E-state index in [0.717, 1.165) is 70.1 Å². The molecule has 0 aromatic carbocycles. The molecule has 12 heteroatoms. The lowest BCUT2D eigenvalue weighted by atomic mass is 9.88. The fourth-order valence-corrected chi connectivity index (χ4v) is 6.78. The Bertz CT molecular complexity index is 937. The topological polar surface area (TPSA) is 180 Å². The number of aliphatic hydroxyl groups is 3. The number of esters is 2. The summed E-state index contributed by atoms with van der Waals surface area (Å²) in [6.45, 7) is 5.66. The van der Waals surface area contributed by atoms with Crippen LogP contribution < -0.4 is 0 Å². The van der Waals surface area contributed by atoms with Gasteiger partial charge in [0.05, 0.1) is 24.9 Å². The minimum atomic E-state index is -4.81. The molecule has 6 atom stereocenters. The van der Waals surface area contributed by atoms with Crippen LogP contribution in [-0.4, -0.2) is 74.7 Å². The molecule has 288 valence electrons. The number of rotatable bonds is 30. The van der Waals surface area contributed by atoms with Crippen LogP contribution in [0.5, 0.6) is 0 Å². The molecule has 0 aliphatic heterocycles. The lowest BCUT2D eigenvalue weighted by Gasteiger charge is -2.21. The van der Waals surface area contributed by atoms with Gasteiger partial charge in [0.25, 0.3) is 0 Å². The summed E-state index contributed by atoms with van der Waals surface area (Å²) in [5.41, 5.74) is 0. The van der Waals surface area contributed by atoms with Gasteiger partial charge in [0.15, 0.2) is 6.10 Å². The number of ether oxygens (including phenoxy) is 2. The van der Waals surface area contributed by atoms with Gasteiger partial charge in [-0.25, -0.2) is 4.57 Å². The van der Waals surface area contributed by atoms with Crippen LogP contribution in [0.1, 0.15) is 156 Å². The predicted octanol–water partition coefficient (Wildman–Crippen LogP) is 7.30. The monoisotopic (exact) mass is 720 g/mol. The zero-order chi connectivity index (χ0) is 36.5. The van der Waals surface area contributed by atoms with E-state index in [1.54, 1.807) is 6.08 Å². The fourth-order valence-electron chi connectivity index (χ4n) is 6.42. The SMILES string of the molecule is CCCCC[C@H](O)/C=C/[C@@H]1[C@@H](CCCCCCC(=O)O[C@H](COC(=O)CCCCCCCCCCC(C)C)COP(=O)(O)O)[C@@H](O)C[C@H]1O. The van der Waals surface area contributed by atoms with Crippen molar-refractivity contribution in [3.63, 3.8) is 0 Å². The molecule has 0 heterocycles. The Morgan fingerprint density at radius 3 is 1.96 bits per heavy atom. The summed E-state index contributed by atoms with van der Waals surface area (Å²) >= 11 is 0. The Hall–Kier alpha value is -1.33. The molecule has 0 spiro atoms. The lowest BCUT2D eigenvalue weighted by molar-refractivity contribution is -0.161. The van der Waals surface area contributed by atoms with Gasteiger partial charge in [-0.2, -0.15) is 0 Å². The maximum Gasteiger partial charge on any atom is 0.469 e. The van der Waals surface area contributed by atoms with Crippen molar-refractivity contribution in [1.29, 1.82) is 0 Å². The molecule has 0 aromatic heterocycles. The minimum Gasteiger partial charge on any atom is -0.462 e. The summed E-state index contributed by atoms with van der Waals surface area (Å²) in [5, 5.41) is 31.2. The molecule has 49 heavy (non-hydrogen) atoms. The van der Waals surface area contributed by atoms with Gasteiger partial charge in [0.2, 0.25) is 0 Å². The number of phosphoric acid groups is 1. The number of carbonyl (C=O) groups is 2. The average molecular weight is 721 g/mol. The van der Waals surface area contributed by atoms with Crippen LogP contribution >= 0.6 is 7.82 Å². The molecule has 11 nitrogen and oxygen atoms in total. The number of phosphoric ester groups is 1. The second kappa shape index (κ2) is 27.3. The van der Waals surface area contributed by atoms with Crippen molar-refractivity contribution in [1.82, 2.24) is 0 Å². The number of carbonyl (C=O) groups excluding carboxylic acids is 2. The molecule has 0 bridgehead atoms. The molecule has 0 radical (unpaired) electrons. The number of unbranched alkanes of at least 4 members (excludes halogenated alkanes) is 12. The van der Waals surface area contributed by atoms with Crippen molar-refractivity contribution in [2.75, 3.05) is 13.2 Å². The first kappa shape index (κ1) is 45.7. The third-order valence-electron chi connectivity index (χ3n) is 9.31. The maximum absolute atomic E-state index is 12.5. The Morgan fingerprint density at radius 2 is 1.35 bits per heavy atom. The normalized spacial score (nSPS) is 21.0. The van der Waals surface area contributed by atoms with Gasteiger partial charge in [-0.15, -0.1) is 0 Å². The van der Waals surface area contributed by atoms with Crippen molar-refractivity contribution in [2.45, 2.75) is 180 Å². The molecule has 1 aliphatic carbocycles. The third kappa shape index (κ3) is 24.5. The zero-order valence-electron chi connectivity index (χ0n) is 30.6. The largest absolute Gasteiger partial charge is 0.469 e. The van der Waals surface area contributed by atoms with Crippen LogP contribution in [0.4, 0.5) is 0 Å². The van der Waals surface area contributed by atoms with Crippen LogP contribution in [-0.2, 0) is 28.2 Å². The molecule has 1 fully saturated rings. The number of aliphatic hydroxyl groups excluding tert-OH is 3. The van der Waals surface area contributed by atoms with Gasteiger partial charge in [0.1, 0.15) is 6.61 Å². The quantitative estimate of drug-likeness (QED) is 0.0217. The van der Waals surface area contributed by atoms with Crippen LogP contribution in [0.2, 0.25) is 0 Å². The van der Waals surface area contributed by atoms with Crippen molar-refractivity contribution < 1.29 is 53.3 Å². The molecular weight excluding hydrogens is 651 g/mol. The molecule has 0 unspecified atom stereocenters. The summed E-state index contributed by atoms with van der Waals surface area (Å²) in [5.74, 6) is -0.561. The van der Waals surface area contributed by atoms with E-state index in [0.29, 0.717) is 25.7 Å². The lowest BCUT2D eigenvalue weighted by Crippen LogP contribution is -2.29. The summed E-state index contributed by atoms with van der Waals surface area (Å²) in [7, 11) is -4.81. The Kier molecular flexibility index (Phi) is 25.5. The first-order valence-corrected chi connectivity index (χ1v) is 20.6. The van der Waals surface area contributed by atoms with E-state index < -0.39 is 50.8 Å². The van der Waals surface area contributed by atoms with E-state index in [-0.39, 0.29) is 31.3 Å². The minimum absolute atomic E-state index is 0.0874. The molecule has 0 amide bonds. The summed E-state index contributed by atoms with van der Waals surface area (Å²) in [6, 6.07) is 0. The van der Waals surface area contributed by atoms with Crippen LogP contribution in [0.25, 0.3) is 0 Å². The number of hydrogen-bond acceptors (Lipinski definition) is 9.